The van der Waals surface area contributed by atoms with E-state index in [2.05, 4.69) is 4.74 Å². The number of rotatable bonds is 5. The number of carboxylic acids is 1. The zero-order valence-electron chi connectivity index (χ0n) is 9.45. The topological polar surface area (TPSA) is 55.8 Å². The van der Waals surface area contributed by atoms with Crippen LogP contribution in [-0.2, 0) is 11.2 Å². The minimum Gasteiger partial charge on any atom is -0.496 e. The maximum absolute atomic E-state index is 12.2. The number of halogens is 3. The van der Waals surface area contributed by atoms with E-state index in [4.69, 9.17) is 9.84 Å². The fraction of sp³-hybridized carbons (Fsp3) is 0.364. The van der Waals surface area contributed by atoms with Gasteiger partial charge in [-0.05, 0) is 18.6 Å². The summed E-state index contributed by atoms with van der Waals surface area (Å²) >= 11 is 0. The standard InChI is InChI=1S/C11H11F3O4/c1-17-8-3-2-4-9(18-11(12,13)14)7(8)5-6-10(15)16/h2-4H,5-6H2,1H3,(H,15,16). The van der Waals surface area contributed by atoms with Gasteiger partial charge in [-0.3, -0.25) is 4.79 Å². The highest BCUT2D eigenvalue weighted by atomic mass is 19.4. The molecule has 4 nitrogen and oxygen atoms in total. The average Bonchev–Trinajstić information content (AvgIpc) is 2.24. The van der Waals surface area contributed by atoms with Gasteiger partial charge in [-0.15, -0.1) is 13.2 Å². The molecule has 0 aliphatic heterocycles. The molecule has 1 aromatic rings. The maximum Gasteiger partial charge on any atom is 0.573 e. The first-order valence-corrected chi connectivity index (χ1v) is 4.97. The number of aliphatic carboxylic acids is 1. The quantitative estimate of drug-likeness (QED) is 0.888. The maximum atomic E-state index is 12.2. The monoisotopic (exact) mass is 264 g/mol. The predicted octanol–water partition coefficient (Wildman–Crippen LogP) is 2.61. The molecule has 0 unspecified atom stereocenters. The molecule has 0 saturated carbocycles. The molecule has 1 aromatic carbocycles. The highest BCUT2D eigenvalue weighted by Crippen LogP contribution is 2.33. The van der Waals surface area contributed by atoms with Gasteiger partial charge in [-0.2, -0.15) is 0 Å². The minimum absolute atomic E-state index is 0.0831. The molecule has 0 heterocycles. The Kier molecular flexibility index (Phi) is 4.41. The van der Waals surface area contributed by atoms with Gasteiger partial charge in [0.15, 0.2) is 0 Å². The van der Waals surface area contributed by atoms with Crippen LogP contribution in [0.2, 0.25) is 0 Å². The molecule has 0 fully saturated rings. The van der Waals surface area contributed by atoms with Crippen molar-refractivity contribution in [2.75, 3.05) is 7.11 Å². The first kappa shape index (κ1) is 14.1. The molecule has 0 spiro atoms. The average molecular weight is 264 g/mol. The second kappa shape index (κ2) is 5.61. The molecule has 100 valence electrons. The van der Waals surface area contributed by atoms with Gasteiger partial charge in [-0.1, -0.05) is 6.07 Å². The Morgan fingerprint density at radius 1 is 1.33 bits per heavy atom. The van der Waals surface area contributed by atoms with E-state index in [1.165, 1.54) is 19.2 Å². The zero-order chi connectivity index (χ0) is 13.8. The van der Waals surface area contributed by atoms with Gasteiger partial charge >= 0.3 is 12.3 Å². The van der Waals surface area contributed by atoms with E-state index in [1.807, 2.05) is 0 Å². The van der Waals surface area contributed by atoms with Crippen LogP contribution in [0, 0.1) is 0 Å². The summed E-state index contributed by atoms with van der Waals surface area (Å²) in [6, 6.07) is 3.90. The normalized spacial score (nSPS) is 11.1. The molecular formula is C11H11F3O4. The van der Waals surface area contributed by atoms with E-state index in [0.717, 1.165) is 6.07 Å². The third-order valence-corrected chi connectivity index (χ3v) is 2.12. The molecule has 0 atom stereocenters. The van der Waals surface area contributed by atoms with Gasteiger partial charge in [-0.25, -0.2) is 0 Å². The zero-order valence-corrected chi connectivity index (χ0v) is 9.45. The highest BCUT2D eigenvalue weighted by molar-refractivity contribution is 5.67. The van der Waals surface area contributed by atoms with Gasteiger partial charge in [0.1, 0.15) is 11.5 Å². The second-order valence-corrected chi connectivity index (χ2v) is 3.38. The van der Waals surface area contributed by atoms with Crippen molar-refractivity contribution in [3.63, 3.8) is 0 Å². The van der Waals surface area contributed by atoms with Gasteiger partial charge in [0.2, 0.25) is 0 Å². The van der Waals surface area contributed by atoms with Gasteiger partial charge in [0, 0.05) is 12.0 Å². The van der Waals surface area contributed by atoms with Crippen LogP contribution >= 0.6 is 0 Å². The van der Waals surface area contributed by atoms with E-state index in [-0.39, 0.29) is 24.2 Å². The largest absolute Gasteiger partial charge is 0.573 e. The van der Waals surface area contributed by atoms with Gasteiger partial charge in [0.05, 0.1) is 7.11 Å². The molecule has 0 amide bonds. The van der Waals surface area contributed by atoms with E-state index in [0.29, 0.717) is 0 Å². The summed E-state index contributed by atoms with van der Waals surface area (Å²) in [4.78, 5) is 10.5. The van der Waals surface area contributed by atoms with Crippen molar-refractivity contribution < 1.29 is 32.5 Å². The first-order valence-electron chi connectivity index (χ1n) is 4.97. The summed E-state index contributed by atoms with van der Waals surface area (Å²) < 4.78 is 45.3. The minimum atomic E-state index is -4.83. The van der Waals surface area contributed by atoms with Crippen molar-refractivity contribution in [2.24, 2.45) is 0 Å². The number of carbonyl (C=O) groups is 1. The molecule has 7 heteroatoms. The molecule has 18 heavy (non-hydrogen) atoms. The molecule has 0 radical (unpaired) electrons. The molecular weight excluding hydrogens is 253 g/mol. The SMILES string of the molecule is COc1cccc(OC(F)(F)F)c1CCC(=O)O. The Hall–Kier alpha value is -1.92. The number of alkyl halides is 3. The smallest absolute Gasteiger partial charge is 0.496 e. The summed E-state index contributed by atoms with van der Waals surface area (Å²) in [6.07, 6.45) is -5.25. The van der Waals surface area contributed by atoms with Crippen LogP contribution in [0.15, 0.2) is 18.2 Å². The van der Waals surface area contributed by atoms with Crippen LogP contribution in [0.3, 0.4) is 0 Å². The second-order valence-electron chi connectivity index (χ2n) is 3.38. The number of benzene rings is 1. The Labute approximate surface area is 101 Å². The summed E-state index contributed by atoms with van der Waals surface area (Å²) in [5.41, 5.74) is 0.0831. The molecule has 1 rings (SSSR count). The van der Waals surface area contributed by atoms with E-state index >= 15 is 0 Å². The van der Waals surface area contributed by atoms with Crippen LogP contribution in [0.25, 0.3) is 0 Å². The van der Waals surface area contributed by atoms with Crippen LogP contribution < -0.4 is 9.47 Å². The van der Waals surface area contributed by atoms with Crippen LogP contribution in [0.1, 0.15) is 12.0 Å². The summed E-state index contributed by atoms with van der Waals surface area (Å²) in [5, 5.41) is 8.56. The first-order chi connectivity index (χ1) is 8.33. The molecule has 1 N–H and O–H groups in total. The number of hydrogen-bond acceptors (Lipinski definition) is 3. The van der Waals surface area contributed by atoms with E-state index in [9.17, 15) is 18.0 Å². The fourth-order valence-electron chi connectivity index (χ4n) is 1.44. The lowest BCUT2D eigenvalue weighted by molar-refractivity contribution is -0.274. The molecule has 0 aliphatic rings. The number of methoxy groups -OCH3 is 1. The number of carboxylic acid groups (broad SMARTS) is 1. The van der Waals surface area contributed by atoms with Gasteiger partial charge < -0.3 is 14.6 Å². The van der Waals surface area contributed by atoms with Crippen molar-refractivity contribution in [1.82, 2.24) is 0 Å². The lowest BCUT2D eigenvalue weighted by atomic mass is 10.1. The van der Waals surface area contributed by atoms with Crippen molar-refractivity contribution in [3.8, 4) is 11.5 Å². The predicted molar refractivity (Wildman–Crippen MR) is 55.6 cm³/mol. The summed E-state index contributed by atoms with van der Waals surface area (Å²) in [5.74, 6) is -1.39. The van der Waals surface area contributed by atoms with Crippen LogP contribution in [0.4, 0.5) is 13.2 Å². The Bertz CT molecular complexity index is 429. The lowest BCUT2D eigenvalue weighted by Gasteiger charge is -2.15. The third-order valence-electron chi connectivity index (χ3n) is 2.12. The molecule has 0 aromatic heterocycles. The molecule has 0 aliphatic carbocycles. The molecule has 0 bridgehead atoms. The van der Waals surface area contributed by atoms with Crippen molar-refractivity contribution in [1.29, 1.82) is 0 Å². The Morgan fingerprint density at radius 2 is 1.94 bits per heavy atom. The summed E-state index contributed by atoms with van der Waals surface area (Å²) in [7, 11) is 1.29. The van der Waals surface area contributed by atoms with Gasteiger partial charge in [0.25, 0.3) is 0 Å². The van der Waals surface area contributed by atoms with Crippen LogP contribution in [0.5, 0.6) is 11.5 Å². The van der Waals surface area contributed by atoms with Crippen molar-refractivity contribution >= 4 is 5.97 Å². The van der Waals surface area contributed by atoms with E-state index < -0.39 is 18.1 Å². The Morgan fingerprint density at radius 3 is 2.44 bits per heavy atom. The van der Waals surface area contributed by atoms with E-state index in [1.54, 1.807) is 0 Å². The highest BCUT2D eigenvalue weighted by Gasteiger charge is 2.32. The van der Waals surface area contributed by atoms with Crippen molar-refractivity contribution in [2.45, 2.75) is 19.2 Å². The Balaban J connectivity index is 3.04. The summed E-state index contributed by atoms with van der Waals surface area (Å²) in [6.45, 7) is 0. The fourth-order valence-corrected chi connectivity index (χ4v) is 1.44. The van der Waals surface area contributed by atoms with Crippen LogP contribution in [-0.4, -0.2) is 24.5 Å². The number of ether oxygens (including phenoxy) is 2. The number of hydrogen-bond donors (Lipinski definition) is 1. The molecule has 0 saturated heterocycles. The third kappa shape index (κ3) is 4.15. The van der Waals surface area contributed by atoms with Crippen molar-refractivity contribution in [3.05, 3.63) is 23.8 Å². The lowest BCUT2D eigenvalue weighted by Crippen LogP contribution is -2.18.